The second-order valence-electron chi connectivity index (χ2n) is 4.26. The van der Waals surface area contributed by atoms with Crippen molar-refractivity contribution in [3.63, 3.8) is 0 Å². The summed E-state index contributed by atoms with van der Waals surface area (Å²) in [6, 6.07) is 2.78. The fourth-order valence-electron chi connectivity index (χ4n) is 1.79. The summed E-state index contributed by atoms with van der Waals surface area (Å²) in [6.07, 6.45) is 4.05. The SMILES string of the molecule is CCC(NC(=O)c1cc(Cl)c(N)c(Cl)c1)c1ncc[nH]1. The number of carbonyl (C=O) groups excluding carboxylic acids is 1. The fourth-order valence-corrected chi connectivity index (χ4v) is 2.28. The maximum Gasteiger partial charge on any atom is 0.251 e. The van der Waals surface area contributed by atoms with E-state index in [0.717, 1.165) is 0 Å². The molecule has 1 amide bonds. The Kier molecular flexibility index (Phi) is 4.52. The molecule has 7 heteroatoms. The number of anilines is 1. The van der Waals surface area contributed by atoms with Crippen LogP contribution in [0.3, 0.4) is 0 Å². The van der Waals surface area contributed by atoms with Gasteiger partial charge in [0.2, 0.25) is 0 Å². The predicted molar refractivity (Wildman–Crippen MR) is 80.0 cm³/mol. The zero-order chi connectivity index (χ0) is 14.7. The third-order valence-corrected chi connectivity index (χ3v) is 3.53. The van der Waals surface area contributed by atoms with Crippen LogP contribution in [0.15, 0.2) is 24.5 Å². The van der Waals surface area contributed by atoms with Gasteiger partial charge in [0.15, 0.2) is 0 Å². The zero-order valence-corrected chi connectivity index (χ0v) is 12.3. The topological polar surface area (TPSA) is 83.8 Å². The number of nitrogens with one attached hydrogen (secondary N) is 2. The summed E-state index contributed by atoms with van der Waals surface area (Å²) in [4.78, 5) is 19.3. The van der Waals surface area contributed by atoms with Crippen molar-refractivity contribution >= 4 is 34.8 Å². The van der Waals surface area contributed by atoms with Crippen LogP contribution in [0.5, 0.6) is 0 Å². The van der Waals surface area contributed by atoms with E-state index in [1.807, 2.05) is 6.92 Å². The molecule has 2 aromatic rings. The second-order valence-corrected chi connectivity index (χ2v) is 5.08. The van der Waals surface area contributed by atoms with Gasteiger partial charge in [-0.25, -0.2) is 4.98 Å². The van der Waals surface area contributed by atoms with Crippen LogP contribution in [0.2, 0.25) is 10.0 Å². The monoisotopic (exact) mass is 312 g/mol. The molecule has 4 N–H and O–H groups in total. The Labute approximate surface area is 126 Å². The molecular formula is C13H14Cl2N4O. The fraction of sp³-hybridized carbons (Fsp3) is 0.231. The second kappa shape index (κ2) is 6.15. The summed E-state index contributed by atoms with van der Waals surface area (Å²) in [6.45, 7) is 1.95. The number of nitrogen functional groups attached to an aromatic ring is 1. The van der Waals surface area contributed by atoms with Gasteiger partial charge in [-0.1, -0.05) is 30.1 Å². The van der Waals surface area contributed by atoms with Crippen LogP contribution in [0.4, 0.5) is 5.69 Å². The molecule has 20 heavy (non-hydrogen) atoms. The molecule has 1 atom stereocenters. The number of rotatable bonds is 4. The highest BCUT2D eigenvalue weighted by molar-refractivity contribution is 6.39. The number of halogens is 2. The van der Waals surface area contributed by atoms with Gasteiger partial charge in [0.1, 0.15) is 5.82 Å². The Morgan fingerprint density at radius 2 is 2.10 bits per heavy atom. The first-order chi connectivity index (χ1) is 9.52. The first-order valence-electron chi connectivity index (χ1n) is 6.07. The van der Waals surface area contributed by atoms with Crippen LogP contribution in [0.25, 0.3) is 0 Å². The third-order valence-electron chi connectivity index (χ3n) is 2.90. The molecule has 0 saturated heterocycles. The molecule has 5 nitrogen and oxygen atoms in total. The Balaban J connectivity index is 2.19. The number of aromatic amines is 1. The van der Waals surface area contributed by atoms with Gasteiger partial charge in [-0.05, 0) is 18.6 Å². The average molecular weight is 313 g/mol. The lowest BCUT2D eigenvalue weighted by Crippen LogP contribution is -2.29. The quantitative estimate of drug-likeness (QED) is 0.758. The zero-order valence-electron chi connectivity index (χ0n) is 10.8. The van der Waals surface area contributed by atoms with E-state index < -0.39 is 0 Å². The Bertz CT molecular complexity index is 590. The van der Waals surface area contributed by atoms with E-state index in [9.17, 15) is 4.79 Å². The van der Waals surface area contributed by atoms with Crippen LogP contribution in [-0.2, 0) is 0 Å². The summed E-state index contributed by atoms with van der Waals surface area (Å²) in [5.41, 5.74) is 6.27. The van der Waals surface area contributed by atoms with Gasteiger partial charge in [-0.3, -0.25) is 4.79 Å². The van der Waals surface area contributed by atoms with E-state index in [0.29, 0.717) is 17.8 Å². The molecule has 0 radical (unpaired) electrons. The van der Waals surface area contributed by atoms with Crippen LogP contribution in [0.1, 0.15) is 35.6 Å². The third kappa shape index (κ3) is 3.05. The average Bonchev–Trinajstić information content (AvgIpc) is 2.95. The van der Waals surface area contributed by atoms with Gasteiger partial charge in [0.05, 0.1) is 21.8 Å². The molecular weight excluding hydrogens is 299 g/mol. The van der Waals surface area contributed by atoms with E-state index in [-0.39, 0.29) is 27.7 Å². The molecule has 106 valence electrons. The first-order valence-corrected chi connectivity index (χ1v) is 6.83. The molecule has 0 aliphatic carbocycles. The highest BCUT2D eigenvalue weighted by atomic mass is 35.5. The lowest BCUT2D eigenvalue weighted by atomic mass is 10.1. The van der Waals surface area contributed by atoms with E-state index >= 15 is 0 Å². The number of amides is 1. The number of hydrogen-bond acceptors (Lipinski definition) is 3. The van der Waals surface area contributed by atoms with Crippen molar-refractivity contribution in [3.05, 3.63) is 46.0 Å². The molecule has 0 aliphatic heterocycles. The molecule has 0 aliphatic rings. The minimum Gasteiger partial charge on any atom is -0.396 e. The van der Waals surface area contributed by atoms with E-state index in [4.69, 9.17) is 28.9 Å². The lowest BCUT2D eigenvalue weighted by Gasteiger charge is -2.15. The van der Waals surface area contributed by atoms with Crippen molar-refractivity contribution in [3.8, 4) is 0 Å². The number of hydrogen-bond donors (Lipinski definition) is 3. The molecule has 1 aromatic heterocycles. The largest absolute Gasteiger partial charge is 0.396 e. The number of nitrogens with two attached hydrogens (primary N) is 1. The molecule has 1 aromatic carbocycles. The number of carbonyl (C=O) groups is 1. The number of H-pyrrole nitrogens is 1. The van der Waals surface area contributed by atoms with Gasteiger partial charge < -0.3 is 16.0 Å². The van der Waals surface area contributed by atoms with Crippen LogP contribution in [0, 0.1) is 0 Å². The highest BCUT2D eigenvalue weighted by Crippen LogP contribution is 2.29. The molecule has 0 spiro atoms. The van der Waals surface area contributed by atoms with Crippen molar-refractivity contribution in [2.45, 2.75) is 19.4 Å². The van der Waals surface area contributed by atoms with Crippen LogP contribution in [-0.4, -0.2) is 15.9 Å². The molecule has 1 heterocycles. The summed E-state index contributed by atoms with van der Waals surface area (Å²) in [5, 5.41) is 3.38. The first kappa shape index (κ1) is 14.7. The van der Waals surface area contributed by atoms with Crippen molar-refractivity contribution in [1.82, 2.24) is 15.3 Å². The summed E-state index contributed by atoms with van der Waals surface area (Å²) in [7, 11) is 0. The number of nitrogens with zero attached hydrogens (tertiary/aromatic N) is 1. The number of aromatic nitrogens is 2. The van der Waals surface area contributed by atoms with Crippen molar-refractivity contribution < 1.29 is 4.79 Å². The van der Waals surface area contributed by atoms with Gasteiger partial charge in [-0.2, -0.15) is 0 Å². The Morgan fingerprint density at radius 1 is 1.45 bits per heavy atom. The molecule has 0 fully saturated rings. The maximum absolute atomic E-state index is 12.2. The molecule has 0 saturated carbocycles. The Hall–Kier alpha value is -1.72. The van der Waals surface area contributed by atoms with E-state index in [1.165, 1.54) is 12.1 Å². The van der Waals surface area contributed by atoms with Crippen molar-refractivity contribution in [2.24, 2.45) is 0 Å². The standard InChI is InChI=1S/C13H14Cl2N4O/c1-2-10(12-17-3-4-18-12)19-13(20)7-5-8(14)11(16)9(15)6-7/h3-6,10H,2,16H2,1H3,(H,17,18)(H,19,20). The smallest absolute Gasteiger partial charge is 0.251 e. The summed E-state index contributed by atoms with van der Waals surface area (Å²) >= 11 is 11.9. The highest BCUT2D eigenvalue weighted by Gasteiger charge is 2.17. The maximum atomic E-state index is 12.2. The van der Waals surface area contributed by atoms with Gasteiger partial charge in [0.25, 0.3) is 5.91 Å². The molecule has 0 bridgehead atoms. The molecule has 1 unspecified atom stereocenters. The number of benzene rings is 1. The minimum absolute atomic E-state index is 0.201. The van der Waals surface area contributed by atoms with Crippen LogP contribution >= 0.6 is 23.2 Å². The van der Waals surface area contributed by atoms with Crippen molar-refractivity contribution in [2.75, 3.05) is 5.73 Å². The predicted octanol–water partition coefficient (Wildman–Crippen LogP) is 3.18. The Morgan fingerprint density at radius 3 is 2.60 bits per heavy atom. The van der Waals surface area contributed by atoms with Gasteiger partial charge in [0, 0.05) is 18.0 Å². The van der Waals surface area contributed by atoms with E-state index in [2.05, 4.69) is 15.3 Å². The normalized spacial score (nSPS) is 12.2. The van der Waals surface area contributed by atoms with E-state index in [1.54, 1.807) is 12.4 Å². The lowest BCUT2D eigenvalue weighted by molar-refractivity contribution is 0.0934. The van der Waals surface area contributed by atoms with Gasteiger partial charge >= 0.3 is 0 Å². The van der Waals surface area contributed by atoms with Crippen molar-refractivity contribution in [1.29, 1.82) is 0 Å². The summed E-state index contributed by atoms with van der Waals surface area (Å²) < 4.78 is 0. The molecule has 2 rings (SSSR count). The minimum atomic E-state index is -0.281. The number of imidazole rings is 1. The summed E-state index contributed by atoms with van der Waals surface area (Å²) in [5.74, 6) is 0.422. The van der Waals surface area contributed by atoms with Crippen LogP contribution < -0.4 is 11.1 Å². The van der Waals surface area contributed by atoms with Gasteiger partial charge in [-0.15, -0.1) is 0 Å².